The summed E-state index contributed by atoms with van der Waals surface area (Å²) in [7, 11) is 0. The number of benzene rings is 3. The molecule has 3 aromatic rings. The zero-order valence-corrected chi connectivity index (χ0v) is 20.1. The Bertz CT molecular complexity index is 1250. The van der Waals surface area contributed by atoms with E-state index in [-0.39, 0.29) is 19.9 Å². The lowest BCUT2D eigenvalue weighted by Crippen LogP contribution is -2.34. The Kier molecular flexibility index (Phi) is 7.66. The largest absolute Gasteiger partial charge is 0.488 e. The Hall–Kier alpha value is -3.56. The monoisotopic (exact) mass is 543 g/mol. The molecular weight excluding hydrogens is 526 g/mol. The molecule has 0 radical (unpaired) electrons. The van der Waals surface area contributed by atoms with Gasteiger partial charge < -0.3 is 19.5 Å². The molecule has 2 N–H and O–H groups in total. The zero-order chi connectivity index (χ0) is 23.9. The van der Waals surface area contributed by atoms with Crippen molar-refractivity contribution >= 4 is 45.6 Å². The number of carbonyl (C=O) groups excluding carboxylic acids is 2. The van der Waals surface area contributed by atoms with Crippen molar-refractivity contribution in [1.29, 1.82) is 0 Å². The predicted octanol–water partition coefficient (Wildman–Crippen LogP) is 4.29. The number of amides is 2. The van der Waals surface area contributed by atoms with Crippen molar-refractivity contribution in [1.82, 2.24) is 10.7 Å². The van der Waals surface area contributed by atoms with Crippen LogP contribution < -0.4 is 25.0 Å². The molecule has 10 heteroatoms. The topological polar surface area (TPSA) is 98.3 Å². The van der Waals surface area contributed by atoms with Gasteiger partial charge in [0.05, 0.1) is 12.8 Å². The molecule has 0 spiro atoms. The molecule has 1 aliphatic heterocycles. The first-order valence-corrected chi connectivity index (χ1v) is 11.3. The first-order valence-electron chi connectivity index (χ1n) is 10.1. The average Bonchev–Trinajstić information content (AvgIpc) is 3.31. The van der Waals surface area contributed by atoms with Crippen molar-refractivity contribution in [3.63, 3.8) is 0 Å². The molecule has 0 saturated carbocycles. The van der Waals surface area contributed by atoms with E-state index in [4.69, 9.17) is 25.8 Å². The predicted molar refractivity (Wildman–Crippen MR) is 131 cm³/mol. The fourth-order valence-electron chi connectivity index (χ4n) is 3.04. The molecule has 34 heavy (non-hydrogen) atoms. The van der Waals surface area contributed by atoms with Crippen LogP contribution in [0.5, 0.6) is 17.2 Å². The molecule has 1 heterocycles. The van der Waals surface area contributed by atoms with E-state index < -0.39 is 11.8 Å². The van der Waals surface area contributed by atoms with E-state index in [1.54, 1.807) is 36.4 Å². The van der Waals surface area contributed by atoms with Crippen molar-refractivity contribution in [2.24, 2.45) is 5.10 Å². The average molecular weight is 545 g/mol. The van der Waals surface area contributed by atoms with E-state index in [0.29, 0.717) is 33.4 Å². The summed E-state index contributed by atoms with van der Waals surface area (Å²) in [4.78, 5) is 24.4. The maximum absolute atomic E-state index is 12.3. The molecule has 0 saturated heterocycles. The van der Waals surface area contributed by atoms with Crippen molar-refractivity contribution in [3.8, 4) is 17.2 Å². The lowest BCUT2D eigenvalue weighted by atomic mass is 10.2. The summed E-state index contributed by atoms with van der Waals surface area (Å²) in [6.45, 7) is 0.144. The van der Waals surface area contributed by atoms with Gasteiger partial charge in [0.15, 0.2) is 11.5 Å². The number of ether oxygens (including phenoxy) is 3. The fraction of sp³-hybridized carbons (Fsp3) is 0.125. The number of hydrogen-bond donors (Lipinski definition) is 2. The summed E-state index contributed by atoms with van der Waals surface area (Å²) >= 11 is 9.60. The number of nitrogens with one attached hydrogen (secondary N) is 2. The number of halogens is 2. The molecule has 0 unspecified atom stereocenters. The molecule has 0 atom stereocenters. The molecule has 0 bridgehead atoms. The van der Waals surface area contributed by atoms with E-state index in [2.05, 4.69) is 31.8 Å². The second-order valence-electron chi connectivity index (χ2n) is 7.11. The van der Waals surface area contributed by atoms with Crippen LogP contribution in [0, 0.1) is 0 Å². The van der Waals surface area contributed by atoms with Crippen LogP contribution in [0.15, 0.2) is 70.2 Å². The summed E-state index contributed by atoms with van der Waals surface area (Å²) in [6, 6.07) is 17.6. The Morgan fingerprint density at radius 1 is 1.09 bits per heavy atom. The fourth-order valence-corrected chi connectivity index (χ4v) is 3.61. The highest BCUT2D eigenvalue weighted by molar-refractivity contribution is 9.10. The Labute approximate surface area is 209 Å². The molecular formula is C24H19BrClN3O5. The number of nitrogens with zero attached hydrogens (tertiary/aromatic N) is 1. The minimum absolute atomic E-state index is 0.117. The van der Waals surface area contributed by atoms with Crippen LogP contribution in [0.4, 0.5) is 0 Å². The van der Waals surface area contributed by atoms with Gasteiger partial charge in [-0.2, -0.15) is 5.10 Å². The summed E-state index contributed by atoms with van der Waals surface area (Å²) in [5.41, 5.74) is 4.24. The van der Waals surface area contributed by atoms with Gasteiger partial charge in [-0.05, 0) is 42.5 Å². The maximum Gasteiger partial charge on any atom is 0.259 e. The van der Waals surface area contributed by atoms with Gasteiger partial charge in [0.25, 0.3) is 11.8 Å². The van der Waals surface area contributed by atoms with Crippen LogP contribution in [0.1, 0.15) is 21.5 Å². The van der Waals surface area contributed by atoms with Gasteiger partial charge in [-0.15, -0.1) is 0 Å². The highest BCUT2D eigenvalue weighted by Crippen LogP contribution is 2.32. The Morgan fingerprint density at radius 2 is 1.91 bits per heavy atom. The molecule has 0 fully saturated rings. The number of rotatable bonds is 8. The molecule has 0 aliphatic carbocycles. The summed E-state index contributed by atoms with van der Waals surface area (Å²) < 4.78 is 17.2. The Morgan fingerprint density at radius 3 is 2.76 bits per heavy atom. The highest BCUT2D eigenvalue weighted by Gasteiger charge is 2.16. The molecule has 174 valence electrons. The first kappa shape index (κ1) is 23.6. The van der Waals surface area contributed by atoms with Gasteiger partial charge in [-0.3, -0.25) is 9.59 Å². The highest BCUT2D eigenvalue weighted by atomic mass is 79.9. The lowest BCUT2D eigenvalue weighted by molar-refractivity contribution is -0.120. The second kappa shape index (κ2) is 11.0. The van der Waals surface area contributed by atoms with Crippen LogP contribution in [0.3, 0.4) is 0 Å². The van der Waals surface area contributed by atoms with Gasteiger partial charge >= 0.3 is 0 Å². The number of hydrogen-bond acceptors (Lipinski definition) is 6. The number of carbonyl (C=O) groups is 2. The van der Waals surface area contributed by atoms with E-state index in [1.807, 2.05) is 24.3 Å². The van der Waals surface area contributed by atoms with Crippen molar-refractivity contribution in [2.45, 2.75) is 6.61 Å². The van der Waals surface area contributed by atoms with Crippen LogP contribution >= 0.6 is 27.5 Å². The minimum Gasteiger partial charge on any atom is -0.488 e. The Balaban J connectivity index is 1.31. The SMILES string of the molecule is O=C(CNC(=O)c1ccc2c(c1)OCO2)NN=Cc1cc(Br)ccc1OCc1ccccc1Cl. The molecule has 0 aromatic heterocycles. The molecule has 1 aliphatic rings. The standard InChI is InChI=1S/C24H19BrClN3O5/c25-18-6-8-20(32-13-16-3-1-2-4-19(16)26)17(9-18)11-28-29-23(30)12-27-24(31)15-5-7-21-22(10-15)34-14-33-21/h1-11H,12-14H2,(H,27,31)(H,29,30). The second-order valence-corrected chi connectivity index (χ2v) is 8.43. The third kappa shape index (κ3) is 6.06. The van der Waals surface area contributed by atoms with Gasteiger partial charge in [-0.1, -0.05) is 45.7 Å². The quantitative estimate of drug-likeness (QED) is 0.326. The third-order valence-corrected chi connectivity index (χ3v) is 5.61. The van der Waals surface area contributed by atoms with Crippen LogP contribution in [-0.4, -0.2) is 31.4 Å². The maximum atomic E-state index is 12.3. The molecule has 2 amide bonds. The van der Waals surface area contributed by atoms with Gasteiger partial charge in [-0.25, -0.2) is 5.43 Å². The third-order valence-electron chi connectivity index (χ3n) is 4.75. The lowest BCUT2D eigenvalue weighted by Gasteiger charge is -2.10. The van der Waals surface area contributed by atoms with Crippen molar-refractivity contribution in [2.75, 3.05) is 13.3 Å². The summed E-state index contributed by atoms with van der Waals surface area (Å²) in [6.07, 6.45) is 1.46. The molecule has 4 rings (SSSR count). The van der Waals surface area contributed by atoms with E-state index in [1.165, 1.54) is 6.21 Å². The van der Waals surface area contributed by atoms with Gasteiger partial charge in [0.2, 0.25) is 6.79 Å². The number of fused-ring (bicyclic) bond motifs is 1. The first-order chi connectivity index (χ1) is 16.5. The van der Waals surface area contributed by atoms with Gasteiger partial charge in [0.1, 0.15) is 12.4 Å². The summed E-state index contributed by atoms with van der Waals surface area (Å²) in [5.74, 6) is 0.727. The van der Waals surface area contributed by atoms with Crippen LogP contribution in [0.2, 0.25) is 5.02 Å². The van der Waals surface area contributed by atoms with E-state index in [9.17, 15) is 9.59 Å². The number of hydrazone groups is 1. The van der Waals surface area contributed by atoms with Crippen LogP contribution in [0.25, 0.3) is 0 Å². The summed E-state index contributed by atoms with van der Waals surface area (Å²) in [5, 5.41) is 7.13. The van der Waals surface area contributed by atoms with E-state index >= 15 is 0 Å². The zero-order valence-electron chi connectivity index (χ0n) is 17.7. The smallest absolute Gasteiger partial charge is 0.259 e. The molecule has 3 aromatic carbocycles. The minimum atomic E-state index is -0.487. The van der Waals surface area contributed by atoms with Gasteiger partial charge in [0, 0.05) is 26.2 Å². The molecule has 8 nitrogen and oxygen atoms in total. The van der Waals surface area contributed by atoms with Crippen molar-refractivity contribution in [3.05, 3.63) is 86.8 Å². The van der Waals surface area contributed by atoms with Crippen molar-refractivity contribution < 1.29 is 23.8 Å². The van der Waals surface area contributed by atoms with Crippen LogP contribution in [-0.2, 0) is 11.4 Å². The normalized spacial score (nSPS) is 11.9. The van der Waals surface area contributed by atoms with E-state index in [0.717, 1.165) is 10.0 Å².